The molecule has 0 spiro atoms. The summed E-state index contributed by atoms with van der Waals surface area (Å²) in [4.78, 5) is 34.2. The van der Waals surface area contributed by atoms with Crippen LogP contribution in [0.3, 0.4) is 0 Å². The number of halogens is 1. The van der Waals surface area contributed by atoms with Crippen LogP contribution in [0.1, 0.15) is 25.6 Å². The number of amides is 2. The number of benzene rings is 1. The Hall–Kier alpha value is -2.26. The molecule has 4 rings (SSSR count). The summed E-state index contributed by atoms with van der Waals surface area (Å²) in [7, 11) is 0. The van der Waals surface area contributed by atoms with Gasteiger partial charge in [0.05, 0.1) is 22.6 Å². The van der Waals surface area contributed by atoms with E-state index in [0.717, 1.165) is 4.88 Å². The first-order valence-electron chi connectivity index (χ1n) is 7.77. The Bertz CT molecular complexity index is 956. The van der Waals surface area contributed by atoms with Crippen molar-refractivity contribution in [2.75, 3.05) is 15.1 Å². The summed E-state index contributed by atoms with van der Waals surface area (Å²) >= 11 is 3.61. The van der Waals surface area contributed by atoms with Gasteiger partial charge in [0.1, 0.15) is 0 Å². The Labute approximate surface area is 169 Å². The van der Waals surface area contributed by atoms with Crippen molar-refractivity contribution >= 4 is 62.8 Å². The molecule has 26 heavy (non-hydrogen) atoms. The standard InChI is InChI=1S/C18H13N3O2S.CH3I/c1-11-16-15(10-24-11)21(18(23)12-6-8-19-9-7-12)14-5-3-2-4-13(14)20-17(16)22;1-2/h2-10H,1H3,(H,20,22);1H3. The van der Waals surface area contributed by atoms with E-state index in [-0.39, 0.29) is 11.8 Å². The predicted octanol–water partition coefficient (Wildman–Crippen LogP) is 5.05. The molecule has 132 valence electrons. The van der Waals surface area contributed by atoms with Crippen LogP contribution in [-0.2, 0) is 0 Å². The van der Waals surface area contributed by atoms with Crippen LogP contribution in [0.25, 0.3) is 0 Å². The summed E-state index contributed by atoms with van der Waals surface area (Å²) in [5.41, 5.74) is 2.94. The lowest BCUT2D eigenvalue weighted by molar-refractivity contribution is 0.0999. The number of hydrogen-bond donors (Lipinski definition) is 1. The lowest BCUT2D eigenvalue weighted by atomic mass is 10.1. The summed E-state index contributed by atoms with van der Waals surface area (Å²) in [5, 5.41) is 4.76. The number of alkyl halides is 1. The smallest absolute Gasteiger partial charge is 0.263 e. The molecule has 0 unspecified atom stereocenters. The molecule has 0 radical (unpaired) electrons. The van der Waals surface area contributed by atoms with Gasteiger partial charge in [0.2, 0.25) is 0 Å². The van der Waals surface area contributed by atoms with E-state index >= 15 is 0 Å². The SMILES string of the molecule is CI.Cc1scc2c1C(=O)Nc1ccccc1N2C(=O)c1ccncc1. The van der Waals surface area contributed by atoms with Crippen molar-refractivity contribution in [1.82, 2.24) is 4.98 Å². The largest absolute Gasteiger partial charge is 0.320 e. The van der Waals surface area contributed by atoms with E-state index in [2.05, 4.69) is 32.9 Å². The van der Waals surface area contributed by atoms with Gasteiger partial charge in [-0.1, -0.05) is 34.7 Å². The number of carbonyl (C=O) groups excluding carboxylic acids is 2. The molecule has 0 atom stereocenters. The van der Waals surface area contributed by atoms with Gasteiger partial charge in [0, 0.05) is 28.2 Å². The quantitative estimate of drug-likeness (QED) is 0.394. The molecule has 3 heterocycles. The first-order chi connectivity index (χ1) is 12.7. The fourth-order valence-corrected chi connectivity index (χ4v) is 3.64. The highest BCUT2D eigenvalue weighted by Crippen LogP contribution is 2.42. The summed E-state index contributed by atoms with van der Waals surface area (Å²) < 4.78 is 0. The number of aromatic nitrogens is 1. The lowest BCUT2D eigenvalue weighted by Crippen LogP contribution is -2.26. The van der Waals surface area contributed by atoms with Crippen LogP contribution in [0.2, 0.25) is 0 Å². The molecule has 1 aliphatic rings. The van der Waals surface area contributed by atoms with Gasteiger partial charge in [-0.3, -0.25) is 19.5 Å². The molecule has 3 aromatic rings. The maximum absolute atomic E-state index is 13.2. The zero-order valence-electron chi connectivity index (χ0n) is 14.2. The Morgan fingerprint density at radius 1 is 1.12 bits per heavy atom. The number of anilines is 3. The van der Waals surface area contributed by atoms with Crippen molar-refractivity contribution < 1.29 is 9.59 Å². The number of fused-ring (bicyclic) bond motifs is 2. The number of nitrogens with one attached hydrogen (secondary N) is 1. The summed E-state index contributed by atoms with van der Waals surface area (Å²) in [6, 6.07) is 10.6. The van der Waals surface area contributed by atoms with Crippen molar-refractivity contribution in [2.24, 2.45) is 0 Å². The molecule has 0 aliphatic carbocycles. The van der Waals surface area contributed by atoms with Gasteiger partial charge < -0.3 is 5.32 Å². The second-order valence-electron chi connectivity index (χ2n) is 5.40. The number of carbonyl (C=O) groups is 2. The molecular formula is C19H16IN3O2S. The van der Waals surface area contributed by atoms with Crippen molar-refractivity contribution in [1.29, 1.82) is 0 Å². The Balaban J connectivity index is 0.000000948. The van der Waals surface area contributed by atoms with Crippen molar-refractivity contribution in [2.45, 2.75) is 6.92 Å². The molecule has 1 N–H and O–H groups in total. The van der Waals surface area contributed by atoms with Crippen LogP contribution in [-0.4, -0.2) is 21.7 Å². The molecule has 7 heteroatoms. The fourth-order valence-electron chi connectivity index (χ4n) is 2.81. The van der Waals surface area contributed by atoms with Crippen LogP contribution < -0.4 is 10.2 Å². The Morgan fingerprint density at radius 3 is 2.54 bits per heavy atom. The predicted molar refractivity (Wildman–Crippen MR) is 114 cm³/mol. The summed E-state index contributed by atoms with van der Waals surface area (Å²) in [5.74, 6) is -0.387. The molecule has 1 aliphatic heterocycles. The van der Waals surface area contributed by atoms with E-state index in [1.165, 1.54) is 11.3 Å². The lowest BCUT2D eigenvalue weighted by Gasteiger charge is -2.22. The third kappa shape index (κ3) is 3.24. The molecule has 2 amide bonds. The maximum Gasteiger partial charge on any atom is 0.263 e. The number of rotatable bonds is 1. The molecule has 0 saturated carbocycles. The van der Waals surface area contributed by atoms with E-state index in [1.54, 1.807) is 35.5 Å². The fraction of sp³-hybridized carbons (Fsp3) is 0.105. The zero-order valence-corrected chi connectivity index (χ0v) is 17.2. The number of thiophene rings is 1. The second kappa shape index (κ2) is 7.96. The normalized spacial score (nSPS) is 12.1. The highest BCUT2D eigenvalue weighted by atomic mass is 127. The van der Waals surface area contributed by atoms with Gasteiger partial charge in [0.15, 0.2) is 0 Å². The molecule has 2 aromatic heterocycles. The molecule has 0 bridgehead atoms. The van der Waals surface area contributed by atoms with Crippen LogP contribution in [0.4, 0.5) is 17.1 Å². The van der Waals surface area contributed by atoms with E-state index in [9.17, 15) is 9.59 Å². The van der Waals surface area contributed by atoms with Crippen molar-refractivity contribution in [3.8, 4) is 0 Å². The third-order valence-electron chi connectivity index (χ3n) is 3.95. The maximum atomic E-state index is 13.2. The molecule has 5 nitrogen and oxygen atoms in total. The number of pyridine rings is 1. The topological polar surface area (TPSA) is 62.3 Å². The van der Waals surface area contributed by atoms with Crippen molar-refractivity contribution in [3.63, 3.8) is 0 Å². The first kappa shape index (κ1) is 18.5. The molecular weight excluding hydrogens is 461 g/mol. The second-order valence-corrected chi connectivity index (χ2v) is 6.48. The number of para-hydroxylation sites is 2. The minimum atomic E-state index is -0.194. The summed E-state index contributed by atoms with van der Waals surface area (Å²) in [6.45, 7) is 1.88. The van der Waals surface area contributed by atoms with Crippen molar-refractivity contribution in [3.05, 3.63) is 70.2 Å². The van der Waals surface area contributed by atoms with E-state index in [0.29, 0.717) is 28.2 Å². The average molecular weight is 477 g/mol. The van der Waals surface area contributed by atoms with Gasteiger partial charge in [-0.2, -0.15) is 0 Å². The van der Waals surface area contributed by atoms with Gasteiger partial charge in [-0.05, 0) is 36.1 Å². The van der Waals surface area contributed by atoms with E-state index < -0.39 is 0 Å². The Morgan fingerprint density at radius 2 is 1.81 bits per heavy atom. The monoisotopic (exact) mass is 477 g/mol. The van der Waals surface area contributed by atoms with Crippen LogP contribution in [0.5, 0.6) is 0 Å². The minimum absolute atomic E-state index is 0.193. The average Bonchev–Trinajstić information content (AvgIpc) is 3.00. The highest BCUT2D eigenvalue weighted by Gasteiger charge is 2.31. The number of nitrogens with zero attached hydrogens (tertiary/aromatic N) is 2. The molecule has 0 fully saturated rings. The first-order valence-corrected chi connectivity index (χ1v) is 10.8. The molecule has 0 saturated heterocycles. The number of hydrogen-bond acceptors (Lipinski definition) is 4. The van der Waals surface area contributed by atoms with Gasteiger partial charge in [-0.25, -0.2) is 0 Å². The zero-order chi connectivity index (χ0) is 18.7. The van der Waals surface area contributed by atoms with E-state index in [4.69, 9.17) is 0 Å². The van der Waals surface area contributed by atoms with Crippen LogP contribution in [0, 0.1) is 6.92 Å². The third-order valence-corrected chi connectivity index (χ3v) is 4.85. The van der Waals surface area contributed by atoms with Crippen LogP contribution >= 0.6 is 33.9 Å². The minimum Gasteiger partial charge on any atom is -0.320 e. The van der Waals surface area contributed by atoms with Gasteiger partial charge in [0.25, 0.3) is 11.8 Å². The van der Waals surface area contributed by atoms with Gasteiger partial charge >= 0.3 is 0 Å². The number of aryl methyl sites for hydroxylation is 1. The van der Waals surface area contributed by atoms with Gasteiger partial charge in [-0.15, -0.1) is 11.3 Å². The summed E-state index contributed by atoms with van der Waals surface area (Å²) in [6.07, 6.45) is 3.17. The Kier molecular flexibility index (Phi) is 5.67. The van der Waals surface area contributed by atoms with E-state index in [1.807, 2.05) is 35.4 Å². The highest BCUT2D eigenvalue weighted by molar-refractivity contribution is 14.1. The molecule has 1 aromatic carbocycles. The van der Waals surface area contributed by atoms with Crippen LogP contribution in [0.15, 0.2) is 54.2 Å².